The fourth-order valence-corrected chi connectivity index (χ4v) is 4.21. The first kappa shape index (κ1) is 19.5. The fourth-order valence-electron chi connectivity index (χ4n) is 2.46. The SMILES string of the molecule is O=C(CSCc1ccc(F)cc1)Nc1ccccc1SCc1ccccc1. The average Bonchev–Trinajstić information content (AvgIpc) is 2.70. The molecule has 1 amide bonds. The second-order valence-electron chi connectivity index (χ2n) is 5.94. The number of carbonyl (C=O) groups is 1. The third-order valence-electron chi connectivity index (χ3n) is 3.81. The van der Waals surface area contributed by atoms with Gasteiger partial charge in [0.1, 0.15) is 5.82 Å². The first-order valence-electron chi connectivity index (χ1n) is 8.58. The molecule has 0 aliphatic heterocycles. The molecular weight excluding hydrogens is 377 g/mol. The molecule has 0 radical (unpaired) electrons. The van der Waals surface area contributed by atoms with Crippen LogP contribution in [0.25, 0.3) is 0 Å². The van der Waals surface area contributed by atoms with E-state index >= 15 is 0 Å². The molecule has 0 unspecified atom stereocenters. The Labute approximate surface area is 167 Å². The zero-order chi connectivity index (χ0) is 18.9. The molecule has 2 nitrogen and oxygen atoms in total. The van der Waals surface area contributed by atoms with Crippen molar-refractivity contribution in [3.8, 4) is 0 Å². The summed E-state index contributed by atoms with van der Waals surface area (Å²) in [5.74, 6) is 1.61. The van der Waals surface area contributed by atoms with Crippen LogP contribution in [0.4, 0.5) is 10.1 Å². The summed E-state index contributed by atoms with van der Waals surface area (Å²) < 4.78 is 12.9. The van der Waals surface area contributed by atoms with E-state index in [9.17, 15) is 9.18 Å². The topological polar surface area (TPSA) is 29.1 Å². The van der Waals surface area contributed by atoms with E-state index in [4.69, 9.17) is 0 Å². The molecule has 0 saturated heterocycles. The van der Waals surface area contributed by atoms with Crippen molar-refractivity contribution in [2.75, 3.05) is 11.1 Å². The number of hydrogen-bond acceptors (Lipinski definition) is 3. The van der Waals surface area contributed by atoms with Gasteiger partial charge in [-0.05, 0) is 35.4 Å². The maximum absolute atomic E-state index is 12.9. The van der Waals surface area contributed by atoms with Crippen molar-refractivity contribution in [3.63, 3.8) is 0 Å². The number of amides is 1. The molecule has 0 bridgehead atoms. The van der Waals surface area contributed by atoms with E-state index in [0.717, 1.165) is 21.9 Å². The molecule has 0 spiro atoms. The van der Waals surface area contributed by atoms with Crippen LogP contribution in [0.1, 0.15) is 11.1 Å². The average molecular weight is 398 g/mol. The summed E-state index contributed by atoms with van der Waals surface area (Å²) in [7, 11) is 0. The van der Waals surface area contributed by atoms with Crippen LogP contribution in [0.5, 0.6) is 0 Å². The molecule has 0 heterocycles. The maximum Gasteiger partial charge on any atom is 0.234 e. The number of carbonyl (C=O) groups excluding carboxylic acids is 1. The minimum Gasteiger partial charge on any atom is -0.324 e. The number of rotatable bonds is 8. The van der Waals surface area contributed by atoms with Crippen molar-refractivity contribution in [3.05, 3.63) is 95.8 Å². The molecule has 3 aromatic rings. The quantitative estimate of drug-likeness (QED) is 0.473. The lowest BCUT2D eigenvalue weighted by Gasteiger charge is -2.11. The van der Waals surface area contributed by atoms with Crippen LogP contribution < -0.4 is 5.32 Å². The van der Waals surface area contributed by atoms with E-state index in [0.29, 0.717) is 11.5 Å². The monoisotopic (exact) mass is 397 g/mol. The second kappa shape index (κ2) is 10.2. The Morgan fingerprint density at radius 1 is 0.815 bits per heavy atom. The van der Waals surface area contributed by atoms with Crippen molar-refractivity contribution < 1.29 is 9.18 Å². The lowest BCUT2D eigenvalue weighted by Crippen LogP contribution is -2.14. The number of halogens is 1. The smallest absolute Gasteiger partial charge is 0.234 e. The minimum atomic E-state index is -0.244. The largest absolute Gasteiger partial charge is 0.324 e. The molecule has 0 atom stereocenters. The van der Waals surface area contributed by atoms with Crippen molar-refractivity contribution >= 4 is 35.1 Å². The highest BCUT2D eigenvalue weighted by Crippen LogP contribution is 2.30. The standard InChI is InChI=1S/C22H20FNOS2/c23-19-12-10-18(11-13-19)14-26-16-22(25)24-20-8-4-5-9-21(20)27-15-17-6-2-1-3-7-17/h1-13H,14-16H2,(H,24,25). The van der Waals surface area contributed by atoms with Gasteiger partial charge in [-0.3, -0.25) is 4.79 Å². The van der Waals surface area contributed by atoms with Crippen molar-refractivity contribution in [2.45, 2.75) is 16.4 Å². The Kier molecular flexibility index (Phi) is 7.36. The van der Waals surface area contributed by atoms with Gasteiger partial charge in [0.05, 0.1) is 11.4 Å². The molecule has 1 N–H and O–H groups in total. The van der Waals surface area contributed by atoms with Gasteiger partial charge in [-0.1, -0.05) is 54.6 Å². The number of thioether (sulfide) groups is 2. The highest BCUT2D eigenvalue weighted by molar-refractivity contribution is 7.99. The van der Waals surface area contributed by atoms with Crippen molar-refractivity contribution in [1.29, 1.82) is 0 Å². The van der Waals surface area contributed by atoms with Gasteiger partial charge in [-0.2, -0.15) is 0 Å². The van der Waals surface area contributed by atoms with Gasteiger partial charge in [0.25, 0.3) is 0 Å². The van der Waals surface area contributed by atoms with Gasteiger partial charge < -0.3 is 5.32 Å². The molecule has 0 aromatic heterocycles. The molecule has 0 aliphatic carbocycles. The highest BCUT2D eigenvalue weighted by atomic mass is 32.2. The first-order chi connectivity index (χ1) is 13.2. The van der Waals surface area contributed by atoms with E-state index in [1.807, 2.05) is 42.5 Å². The number of hydrogen-bond donors (Lipinski definition) is 1. The molecule has 3 aromatic carbocycles. The van der Waals surface area contributed by atoms with Gasteiger partial charge >= 0.3 is 0 Å². The Bertz CT molecular complexity index is 869. The predicted octanol–water partition coefficient (Wildman–Crippen LogP) is 5.99. The molecule has 0 fully saturated rings. The Hall–Kier alpha value is -2.24. The molecule has 3 rings (SSSR count). The predicted molar refractivity (Wildman–Crippen MR) is 114 cm³/mol. The molecule has 27 heavy (non-hydrogen) atoms. The third kappa shape index (κ3) is 6.45. The van der Waals surface area contributed by atoms with Crippen molar-refractivity contribution in [2.24, 2.45) is 0 Å². The maximum atomic E-state index is 12.9. The van der Waals surface area contributed by atoms with Crippen LogP contribution in [0.15, 0.2) is 83.8 Å². The summed E-state index contributed by atoms with van der Waals surface area (Å²) in [5, 5.41) is 3.00. The summed E-state index contributed by atoms with van der Waals surface area (Å²) in [4.78, 5) is 13.3. The van der Waals surface area contributed by atoms with Gasteiger partial charge in [-0.15, -0.1) is 23.5 Å². The van der Waals surface area contributed by atoms with Crippen LogP contribution in [0.3, 0.4) is 0 Å². The van der Waals surface area contributed by atoms with Crippen LogP contribution >= 0.6 is 23.5 Å². The zero-order valence-electron chi connectivity index (χ0n) is 14.7. The summed E-state index contributed by atoms with van der Waals surface area (Å²) >= 11 is 3.22. The molecule has 0 saturated carbocycles. The van der Waals surface area contributed by atoms with Gasteiger partial charge in [0.15, 0.2) is 0 Å². The summed E-state index contributed by atoms with van der Waals surface area (Å²) in [5.41, 5.74) is 3.09. The fraction of sp³-hybridized carbons (Fsp3) is 0.136. The minimum absolute atomic E-state index is 0.0325. The van der Waals surface area contributed by atoms with E-state index in [2.05, 4.69) is 17.4 Å². The molecule has 5 heteroatoms. The number of benzene rings is 3. The Balaban J connectivity index is 1.50. The molecule has 0 aliphatic rings. The normalized spacial score (nSPS) is 10.6. The van der Waals surface area contributed by atoms with Crippen LogP contribution in [-0.4, -0.2) is 11.7 Å². The van der Waals surface area contributed by atoms with E-state index < -0.39 is 0 Å². The van der Waals surface area contributed by atoms with E-state index in [-0.39, 0.29) is 11.7 Å². The van der Waals surface area contributed by atoms with E-state index in [1.165, 1.54) is 29.5 Å². The highest BCUT2D eigenvalue weighted by Gasteiger charge is 2.08. The molecule has 138 valence electrons. The summed E-state index contributed by atoms with van der Waals surface area (Å²) in [6.45, 7) is 0. The van der Waals surface area contributed by atoms with Gasteiger partial charge in [-0.25, -0.2) is 4.39 Å². The zero-order valence-corrected chi connectivity index (χ0v) is 16.4. The Morgan fingerprint density at radius 3 is 2.26 bits per heavy atom. The van der Waals surface area contributed by atoms with E-state index in [1.54, 1.807) is 23.9 Å². The second-order valence-corrected chi connectivity index (χ2v) is 7.94. The third-order valence-corrected chi connectivity index (χ3v) is 5.96. The lowest BCUT2D eigenvalue weighted by molar-refractivity contribution is -0.113. The number of anilines is 1. The van der Waals surface area contributed by atoms with Crippen LogP contribution in [-0.2, 0) is 16.3 Å². The van der Waals surface area contributed by atoms with Gasteiger partial charge in [0.2, 0.25) is 5.91 Å². The Morgan fingerprint density at radius 2 is 1.48 bits per heavy atom. The number of nitrogens with one attached hydrogen (secondary N) is 1. The lowest BCUT2D eigenvalue weighted by atomic mass is 10.2. The van der Waals surface area contributed by atoms with Gasteiger partial charge in [0, 0.05) is 16.4 Å². The van der Waals surface area contributed by atoms with Crippen LogP contribution in [0, 0.1) is 5.82 Å². The number of para-hydroxylation sites is 1. The molecular formula is C22H20FNOS2. The first-order valence-corrected chi connectivity index (χ1v) is 10.7. The summed E-state index contributed by atoms with van der Waals surface area (Å²) in [6, 6.07) is 24.5. The van der Waals surface area contributed by atoms with Crippen molar-refractivity contribution in [1.82, 2.24) is 0 Å². The van der Waals surface area contributed by atoms with Crippen LogP contribution in [0.2, 0.25) is 0 Å². The summed E-state index contributed by atoms with van der Waals surface area (Å²) in [6.07, 6.45) is 0.